The van der Waals surface area contributed by atoms with Gasteiger partial charge >= 0.3 is 161 Å². The van der Waals surface area contributed by atoms with E-state index in [2.05, 4.69) is 25.9 Å². The number of nitrogens with zero attached hydrogens (tertiary/aromatic N) is 3. The summed E-state index contributed by atoms with van der Waals surface area (Å²) in [5.41, 5.74) is 1.41. The molecule has 1 aliphatic rings. The van der Waals surface area contributed by atoms with Crippen LogP contribution < -0.4 is 0 Å². The van der Waals surface area contributed by atoms with E-state index in [0.717, 1.165) is 9.64 Å². The van der Waals surface area contributed by atoms with Gasteiger partial charge in [0, 0.05) is 0 Å². The maximum atomic E-state index is 15.8. The molecule has 142 valence electrons. The maximum absolute atomic E-state index is 15.8. The van der Waals surface area contributed by atoms with Crippen LogP contribution in [-0.4, -0.2) is 13.9 Å². The van der Waals surface area contributed by atoms with E-state index in [1.54, 1.807) is 18.4 Å². The second-order valence-corrected chi connectivity index (χ2v) is 8.89. The first-order valence-electron chi connectivity index (χ1n) is 8.38. The molecule has 0 amide bonds. The van der Waals surface area contributed by atoms with Crippen LogP contribution >= 0.6 is 0 Å². The van der Waals surface area contributed by atoms with Gasteiger partial charge in [-0.2, -0.15) is 0 Å². The van der Waals surface area contributed by atoms with Gasteiger partial charge in [-0.3, -0.25) is 0 Å². The average molecular weight is 403 g/mol. The molecule has 0 spiro atoms. The third kappa shape index (κ3) is 3.25. The van der Waals surface area contributed by atoms with Gasteiger partial charge in [0.15, 0.2) is 0 Å². The zero-order valence-electron chi connectivity index (χ0n) is 15.8. The van der Waals surface area contributed by atoms with Gasteiger partial charge in [0.1, 0.15) is 0 Å². The Morgan fingerprint density at radius 1 is 1.00 bits per heavy atom. The summed E-state index contributed by atoms with van der Waals surface area (Å²) in [6.45, 7) is 12.0. The molecule has 0 bridgehead atoms. The number of hydrogen-bond donors (Lipinski definition) is 0. The fourth-order valence-electron chi connectivity index (χ4n) is 2.38. The number of allylic oxidation sites excluding steroid dienone is 2. The zero-order chi connectivity index (χ0) is 19.3. The number of aromatic nitrogens is 2. The normalized spacial score (nSPS) is 21.3. The van der Waals surface area contributed by atoms with Gasteiger partial charge in [0.05, 0.1) is 0 Å². The van der Waals surface area contributed by atoms with E-state index in [-0.39, 0.29) is 22.6 Å². The van der Waals surface area contributed by atoms with Crippen LogP contribution in [0.3, 0.4) is 0 Å². The van der Waals surface area contributed by atoms with Gasteiger partial charge in [-0.1, -0.05) is 0 Å². The molecule has 2 aromatic rings. The van der Waals surface area contributed by atoms with Crippen LogP contribution in [0.25, 0.3) is 5.70 Å². The van der Waals surface area contributed by atoms with Crippen LogP contribution in [0.2, 0.25) is 0 Å². The first-order chi connectivity index (χ1) is 11.9. The Morgan fingerprint density at radius 2 is 1.58 bits per heavy atom. The van der Waals surface area contributed by atoms with Gasteiger partial charge < -0.3 is 0 Å². The van der Waals surface area contributed by atoms with Crippen LogP contribution in [-0.2, 0) is 32.6 Å². The van der Waals surface area contributed by atoms with Crippen LogP contribution in [0.4, 0.5) is 4.39 Å². The van der Waals surface area contributed by atoms with Crippen molar-refractivity contribution in [3.63, 3.8) is 0 Å². The molecular formula is C19H23CoFN3O2. The van der Waals surface area contributed by atoms with Crippen molar-refractivity contribution in [3.8, 4) is 0 Å². The Balaban J connectivity index is 1.95. The van der Waals surface area contributed by atoms with Gasteiger partial charge in [0.25, 0.3) is 0 Å². The molecule has 0 unspecified atom stereocenters. The Labute approximate surface area is 161 Å². The molecule has 7 heteroatoms. The summed E-state index contributed by atoms with van der Waals surface area (Å²) in [6.07, 6.45) is 7.68. The topological polar surface area (TPSA) is 55.3 Å². The Hall–Kier alpha value is -1.86. The minimum atomic E-state index is -2.15. The third-order valence-electron chi connectivity index (χ3n) is 4.11. The molecule has 3 heterocycles. The second-order valence-electron chi connectivity index (χ2n) is 8.42. The zero-order valence-corrected chi connectivity index (χ0v) is 16.8. The summed E-state index contributed by atoms with van der Waals surface area (Å²) in [4.78, 5) is 8.82. The summed E-state index contributed by atoms with van der Waals surface area (Å²) in [5.74, 6) is -1.94. The first-order valence-corrected chi connectivity index (χ1v) is 8.85. The molecular weight excluding hydrogens is 380 g/mol. The van der Waals surface area contributed by atoms with E-state index in [1.165, 1.54) is 12.3 Å². The molecule has 0 saturated carbocycles. The molecule has 3 rings (SSSR count). The van der Waals surface area contributed by atoms with Crippen molar-refractivity contribution in [1.29, 1.82) is 0 Å². The van der Waals surface area contributed by atoms with E-state index in [1.807, 2.05) is 41.5 Å². The molecule has 5 nitrogen and oxygen atoms in total. The molecule has 0 aromatic carbocycles. The van der Waals surface area contributed by atoms with Crippen LogP contribution in [0.5, 0.6) is 0 Å². The van der Waals surface area contributed by atoms with Crippen molar-refractivity contribution < 1.29 is 29.2 Å². The number of alkyl halides is 1. The molecule has 0 N–H and O–H groups in total. The number of rotatable bonds is 2. The molecule has 0 fully saturated rings. The van der Waals surface area contributed by atoms with Crippen molar-refractivity contribution >= 4 is 5.70 Å². The second kappa shape index (κ2) is 6.09. The first kappa shape index (κ1) is 18.9. The van der Waals surface area contributed by atoms with E-state index in [9.17, 15) is 0 Å². The van der Waals surface area contributed by atoms with E-state index >= 15 is 4.39 Å². The average Bonchev–Trinajstić information content (AvgIpc) is 3.17. The minimum absolute atomic E-state index is 0.0833. The monoisotopic (exact) mass is 403 g/mol. The summed E-state index contributed by atoms with van der Waals surface area (Å²) >= 11 is 4.42. The summed E-state index contributed by atoms with van der Waals surface area (Å²) in [6, 6.07) is 0. The van der Waals surface area contributed by atoms with Crippen LogP contribution in [0.15, 0.2) is 39.6 Å². The van der Waals surface area contributed by atoms with Crippen LogP contribution in [0, 0.1) is 0 Å². The van der Waals surface area contributed by atoms with Gasteiger partial charge in [-0.05, 0) is 0 Å². The number of halogens is 1. The molecule has 0 saturated heterocycles. The van der Waals surface area contributed by atoms with Crippen molar-refractivity contribution in [2.45, 2.75) is 58.2 Å². The summed E-state index contributed by atoms with van der Waals surface area (Å²) < 4.78 is 27.9. The van der Waals surface area contributed by atoms with Crippen molar-refractivity contribution in [2.75, 3.05) is 0 Å². The fraction of sp³-hybridized carbons (Fsp3) is 0.474. The van der Waals surface area contributed by atoms with Crippen molar-refractivity contribution in [1.82, 2.24) is 13.9 Å². The molecule has 2 aromatic heterocycles. The summed E-state index contributed by atoms with van der Waals surface area (Å²) in [5, 5.41) is 0. The van der Waals surface area contributed by atoms with Crippen LogP contribution in [0.1, 0.15) is 64.7 Å². The van der Waals surface area contributed by atoms with Crippen molar-refractivity contribution in [3.05, 3.63) is 53.9 Å². The molecule has 0 radical (unpaired) electrons. The SMILES string of the molecule is CC(C)(C)c1coc(C2=CC=C[C@@](F)(c3nc(C(C)(C)C)co3)[N]2[Co])n1. The Bertz CT molecular complexity index is 870. The van der Waals surface area contributed by atoms with Gasteiger partial charge in [0.2, 0.25) is 0 Å². The predicted octanol–water partition coefficient (Wildman–Crippen LogP) is 4.75. The van der Waals surface area contributed by atoms with E-state index < -0.39 is 5.79 Å². The summed E-state index contributed by atoms with van der Waals surface area (Å²) in [7, 11) is 0. The molecule has 26 heavy (non-hydrogen) atoms. The molecule has 1 atom stereocenters. The van der Waals surface area contributed by atoms with Gasteiger partial charge in [-0.15, -0.1) is 0 Å². The molecule has 0 aliphatic carbocycles. The number of oxazole rings is 2. The van der Waals surface area contributed by atoms with Crippen molar-refractivity contribution in [2.24, 2.45) is 0 Å². The van der Waals surface area contributed by atoms with Gasteiger partial charge in [-0.25, -0.2) is 0 Å². The standard InChI is InChI=1S/C19H23FN3O2.Co/c1-17(2,3)13-10-24-15(21-13)12-8-7-9-19(20,23-12)16-22-14(11-25-16)18(4,5)6;/h7-11H,1-6H3;/q-1;+1/t19-;/m0./s1. The molecule has 1 aliphatic heterocycles. The quantitative estimate of drug-likeness (QED) is 0.677. The third-order valence-corrected chi connectivity index (χ3v) is 4.70. The Kier molecular flexibility index (Phi) is 4.43. The Morgan fingerprint density at radius 3 is 2.12 bits per heavy atom. The van der Waals surface area contributed by atoms with E-state index in [0.29, 0.717) is 11.4 Å². The van der Waals surface area contributed by atoms with E-state index in [4.69, 9.17) is 8.83 Å². The fourth-order valence-corrected chi connectivity index (χ4v) is 2.74. The predicted molar refractivity (Wildman–Crippen MR) is 92.1 cm³/mol. The number of hydrogen-bond acceptors (Lipinski definition) is 5.